The second kappa shape index (κ2) is 7.61. The van der Waals surface area contributed by atoms with E-state index >= 15 is 0 Å². The number of aromatic nitrogens is 2. The van der Waals surface area contributed by atoms with Crippen molar-refractivity contribution in [2.75, 3.05) is 26.2 Å². The van der Waals surface area contributed by atoms with E-state index in [1.165, 1.54) is 12.8 Å². The van der Waals surface area contributed by atoms with Gasteiger partial charge in [0, 0.05) is 38.1 Å². The van der Waals surface area contributed by atoms with Crippen LogP contribution in [0.4, 0.5) is 0 Å². The lowest BCUT2D eigenvalue weighted by molar-refractivity contribution is 0.101. The standard InChI is InChI=1S/C17H26N4O/c1-2-20(12-13-21-9-4-8-18-21)16-6-10-19(11-7-16)15-17-5-3-14-22-17/h3-5,8-9,14,16H,2,6-7,10-13,15H2,1H3. The van der Waals surface area contributed by atoms with Crippen molar-refractivity contribution in [1.82, 2.24) is 19.6 Å². The predicted octanol–water partition coefficient (Wildman–Crippen LogP) is 2.46. The first-order chi connectivity index (χ1) is 10.8. The fourth-order valence-electron chi connectivity index (χ4n) is 3.33. The summed E-state index contributed by atoms with van der Waals surface area (Å²) in [7, 11) is 0. The molecule has 5 nitrogen and oxygen atoms in total. The summed E-state index contributed by atoms with van der Waals surface area (Å²) < 4.78 is 7.47. The molecule has 3 rings (SSSR count). The molecule has 22 heavy (non-hydrogen) atoms. The molecule has 2 aromatic heterocycles. The molecule has 0 saturated carbocycles. The molecule has 0 spiro atoms. The quantitative estimate of drug-likeness (QED) is 0.787. The van der Waals surface area contributed by atoms with Crippen molar-refractivity contribution in [2.24, 2.45) is 0 Å². The fraction of sp³-hybridized carbons (Fsp3) is 0.588. The van der Waals surface area contributed by atoms with Crippen molar-refractivity contribution in [2.45, 2.75) is 38.9 Å². The summed E-state index contributed by atoms with van der Waals surface area (Å²) >= 11 is 0. The van der Waals surface area contributed by atoms with Crippen LogP contribution in [-0.4, -0.2) is 51.8 Å². The number of likely N-dealkylation sites (N-methyl/N-ethyl adjacent to an activating group) is 1. The Labute approximate surface area is 132 Å². The summed E-state index contributed by atoms with van der Waals surface area (Å²) in [5.74, 6) is 1.07. The lowest BCUT2D eigenvalue weighted by Crippen LogP contribution is -2.45. The van der Waals surface area contributed by atoms with Crippen molar-refractivity contribution >= 4 is 0 Å². The molecular formula is C17H26N4O. The van der Waals surface area contributed by atoms with Gasteiger partial charge in [0.1, 0.15) is 5.76 Å². The lowest BCUT2D eigenvalue weighted by atomic mass is 10.0. The van der Waals surface area contributed by atoms with Crippen LogP contribution in [0.2, 0.25) is 0 Å². The predicted molar refractivity (Wildman–Crippen MR) is 86.5 cm³/mol. The van der Waals surface area contributed by atoms with Gasteiger partial charge in [-0.1, -0.05) is 6.92 Å². The van der Waals surface area contributed by atoms with E-state index in [1.54, 1.807) is 6.26 Å². The van der Waals surface area contributed by atoms with Crippen LogP contribution in [0, 0.1) is 0 Å². The SMILES string of the molecule is CCN(CCn1cccn1)C1CCN(Cc2ccco2)CC1. The maximum atomic E-state index is 5.45. The maximum Gasteiger partial charge on any atom is 0.117 e. The van der Waals surface area contributed by atoms with Gasteiger partial charge >= 0.3 is 0 Å². The van der Waals surface area contributed by atoms with Crippen molar-refractivity contribution in [3.63, 3.8) is 0 Å². The highest BCUT2D eigenvalue weighted by Gasteiger charge is 2.23. The minimum absolute atomic E-state index is 0.702. The Bertz CT molecular complexity index is 515. The topological polar surface area (TPSA) is 37.4 Å². The summed E-state index contributed by atoms with van der Waals surface area (Å²) in [6.45, 7) is 8.70. The smallest absolute Gasteiger partial charge is 0.117 e. The minimum Gasteiger partial charge on any atom is -0.468 e. The third kappa shape index (κ3) is 3.99. The van der Waals surface area contributed by atoms with Gasteiger partial charge in [0.25, 0.3) is 0 Å². The Hall–Kier alpha value is -1.59. The van der Waals surface area contributed by atoms with Gasteiger partial charge in [0.2, 0.25) is 0 Å². The van der Waals surface area contributed by atoms with Crippen LogP contribution >= 0.6 is 0 Å². The monoisotopic (exact) mass is 302 g/mol. The highest BCUT2D eigenvalue weighted by molar-refractivity contribution is 4.98. The third-order valence-electron chi connectivity index (χ3n) is 4.61. The second-order valence-electron chi connectivity index (χ2n) is 5.98. The number of furan rings is 1. The van der Waals surface area contributed by atoms with E-state index in [9.17, 15) is 0 Å². The van der Waals surface area contributed by atoms with E-state index in [-0.39, 0.29) is 0 Å². The fourth-order valence-corrected chi connectivity index (χ4v) is 3.33. The number of hydrogen-bond donors (Lipinski definition) is 0. The van der Waals surface area contributed by atoms with Crippen LogP contribution in [-0.2, 0) is 13.1 Å². The van der Waals surface area contributed by atoms with Crippen LogP contribution < -0.4 is 0 Å². The highest BCUT2D eigenvalue weighted by Crippen LogP contribution is 2.18. The number of rotatable bonds is 7. The molecule has 1 aliphatic heterocycles. The molecule has 0 bridgehead atoms. The van der Waals surface area contributed by atoms with E-state index < -0.39 is 0 Å². The molecule has 120 valence electrons. The highest BCUT2D eigenvalue weighted by atomic mass is 16.3. The minimum atomic E-state index is 0.702. The number of nitrogens with zero attached hydrogens (tertiary/aromatic N) is 4. The molecule has 0 unspecified atom stereocenters. The van der Waals surface area contributed by atoms with Crippen molar-refractivity contribution in [1.29, 1.82) is 0 Å². The molecule has 0 aliphatic carbocycles. The summed E-state index contributed by atoms with van der Waals surface area (Å²) in [4.78, 5) is 5.10. The average molecular weight is 302 g/mol. The van der Waals surface area contributed by atoms with Crippen LogP contribution in [0.3, 0.4) is 0 Å². The maximum absolute atomic E-state index is 5.45. The first-order valence-electron chi connectivity index (χ1n) is 8.31. The molecule has 1 saturated heterocycles. The molecule has 0 amide bonds. The molecule has 0 atom stereocenters. The lowest BCUT2D eigenvalue weighted by Gasteiger charge is -2.37. The molecule has 5 heteroatoms. The summed E-state index contributed by atoms with van der Waals surface area (Å²) in [5.41, 5.74) is 0. The first-order valence-corrected chi connectivity index (χ1v) is 8.31. The molecule has 0 N–H and O–H groups in total. The number of hydrogen-bond acceptors (Lipinski definition) is 4. The van der Waals surface area contributed by atoms with Gasteiger partial charge in [0.05, 0.1) is 19.4 Å². The molecule has 2 aromatic rings. The normalized spacial score (nSPS) is 17.4. The molecular weight excluding hydrogens is 276 g/mol. The van der Waals surface area contributed by atoms with Gasteiger partial charge in [0.15, 0.2) is 0 Å². The van der Waals surface area contributed by atoms with Crippen LogP contribution in [0.1, 0.15) is 25.5 Å². The Morgan fingerprint density at radius 3 is 2.82 bits per heavy atom. The largest absolute Gasteiger partial charge is 0.468 e. The van der Waals surface area contributed by atoms with Gasteiger partial charge < -0.3 is 4.42 Å². The average Bonchev–Trinajstić information content (AvgIpc) is 3.23. The Morgan fingerprint density at radius 2 is 2.18 bits per heavy atom. The van der Waals surface area contributed by atoms with E-state index in [4.69, 9.17) is 4.42 Å². The summed E-state index contributed by atoms with van der Waals surface area (Å²) in [5, 5.41) is 4.29. The van der Waals surface area contributed by atoms with E-state index in [1.807, 2.05) is 29.2 Å². The van der Waals surface area contributed by atoms with Crippen LogP contribution in [0.25, 0.3) is 0 Å². The van der Waals surface area contributed by atoms with Crippen molar-refractivity contribution in [3.8, 4) is 0 Å². The molecule has 3 heterocycles. The molecule has 0 aromatic carbocycles. The molecule has 1 aliphatic rings. The third-order valence-corrected chi connectivity index (χ3v) is 4.61. The van der Waals surface area contributed by atoms with Gasteiger partial charge in [-0.15, -0.1) is 0 Å². The zero-order valence-electron chi connectivity index (χ0n) is 13.4. The van der Waals surface area contributed by atoms with Crippen molar-refractivity contribution in [3.05, 3.63) is 42.6 Å². The Kier molecular flexibility index (Phi) is 5.29. The first kappa shape index (κ1) is 15.3. The summed E-state index contributed by atoms with van der Waals surface area (Å²) in [6.07, 6.45) is 8.14. The Morgan fingerprint density at radius 1 is 1.32 bits per heavy atom. The van der Waals surface area contributed by atoms with E-state index in [0.717, 1.165) is 45.0 Å². The van der Waals surface area contributed by atoms with Gasteiger partial charge in [-0.3, -0.25) is 14.5 Å². The van der Waals surface area contributed by atoms with Crippen LogP contribution in [0.15, 0.2) is 41.3 Å². The van der Waals surface area contributed by atoms with Gasteiger partial charge in [-0.25, -0.2) is 0 Å². The second-order valence-corrected chi connectivity index (χ2v) is 5.98. The zero-order chi connectivity index (χ0) is 15.2. The summed E-state index contributed by atoms with van der Waals surface area (Å²) in [6, 6.07) is 6.72. The van der Waals surface area contributed by atoms with E-state index in [2.05, 4.69) is 27.9 Å². The molecule has 1 fully saturated rings. The number of piperidine rings is 1. The van der Waals surface area contributed by atoms with Crippen molar-refractivity contribution < 1.29 is 4.42 Å². The number of likely N-dealkylation sites (tertiary alicyclic amines) is 1. The van der Waals surface area contributed by atoms with Gasteiger partial charge in [-0.2, -0.15) is 5.10 Å². The zero-order valence-corrected chi connectivity index (χ0v) is 13.4. The van der Waals surface area contributed by atoms with E-state index in [0.29, 0.717) is 6.04 Å². The van der Waals surface area contributed by atoms with Crippen LogP contribution in [0.5, 0.6) is 0 Å². The van der Waals surface area contributed by atoms with Gasteiger partial charge in [-0.05, 0) is 37.6 Å². The Balaban J connectivity index is 1.44. The molecule has 0 radical (unpaired) electrons.